The summed E-state index contributed by atoms with van der Waals surface area (Å²) in [7, 11) is -2.40. The molecule has 2 aromatic rings. The fourth-order valence-corrected chi connectivity index (χ4v) is 4.62. The molecule has 0 aliphatic rings. The van der Waals surface area contributed by atoms with Crippen molar-refractivity contribution in [2.75, 3.05) is 11.8 Å². The van der Waals surface area contributed by atoms with Crippen LogP contribution in [0.15, 0.2) is 29.2 Å². The molecule has 5 nitrogen and oxygen atoms in total. The van der Waals surface area contributed by atoms with Crippen LogP contribution in [0.3, 0.4) is 0 Å². The standard InChI is InChI=1S/C15H17NO4S2/c1-9-5-6-10(2)12(7-9)22(18,19)16-13-8-11(3)14(21-13)15(17)20-4/h5-8,16H,1-4H3. The lowest BCUT2D eigenvalue weighted by atomic mass is 10.2. The Hall–Kier alpha value is -1.86. The van der Waals surface area contributed by atoms with Gasteiger partial charge < -0.3 is 4.74 Å². The molecule has 0 aliphatic heterocycles. The van der Waals surface area contributed by atoms with Gasteiger partial charge in [0, 0.05) is 0 Å². The smallest absolute Gasteiger partial charge is 0.348 e. The summed E-state index contributed by atoms with van der Waals surface area (Å²) >= 11 is 1.06. The molecule has 1 heterocycles. The van der Waals surface area contributed by atoms with E-state index in [4.69, 9.17) is 0 Å². The first-order valence-corrected chi connectivity index (χ1v) is 8.83. The average Bonchev–Trinajstić information content (AvgIpc) is 2.80. The number of rotatable bonds is 4. The van der Waals surface area contributed by atoms with Crippen LogP contribution in [0.2, 0.25) is 0 Å². The van der Waals surface area contributed by atoms with Crippen LogP contribution in [-0.4, -0.2) is 21.5 Å². The van der Waals surface area contributed by atoms with Crippen molar-refractivity contribution in [3.05, 3.63) is 45.8 Å². The maximum atomic E-state index is 12.5. The molecule has 0 fully saturated rings. The van der Waals surface area contributed by atoms with E-state index in [-0.39, 0.29) is 4.90 Å². The van der Waals surface area contributed by atoms with Crippen molar-refractivity contribution in [1.29, 1.82) is 0 Å². The molecule has 118 valence electrons. The van der Waals surface area contributed by atoms with Gasteiger partial charge in [-0.05, 0) is 49.6 Å². The van der Waals surface area contributed by atoms with Crippen LogP contribution in [0.5, 0.6) is 0 Å². The molecule has 0 radical (unpaired) electrons. The molecule has 0 spiro atoms. The molecule has 0 unspecified atom stereocenters. The van der Waals surface area contributed by atoms with E-state index < -0.39 is 16.0 Å². The molecule has 1 N–H and O–H groups in total. The van der Waals surface area contributed by atoms with Gasteiger partial charge in [-0.15, -0.1) is 11.3 Å². The summed E-state index contributed by atoms with van der Waals surface area (Å²) in [5, 5.41) is 0.388. The summed E-state index contributed by atoms with van der Waals surface area (Å²) in [4.78, 5) is 12.2. The number of hydrogen-bond acceptors (Lipinski definition) is 5. The molecule has 0 amide bonds. The number of esters is 1. The van der Waals surface area contributed by atoms with Crippen molar-refractivity contribution in [3.63, 3.8) is 0 Å². The van der Waals surface area contributed by atoms with Crippen LogP contribution >= 0.6 is 11.3 Å². The zero-order valence-electron chi connectivity index (χ0n) is 12.8. The summed E-state index contributed by atoms with van der Waals surface area (Å²) in [6, 6.07) is 6.88. The first-order chi connectivity index (χ1) is 10.2. The van der Waals surface area contributed by atoms with E-state index in [0.29, 0.717) is 21.0 Å². The van der Waals surface area contributed by atoms with Gasteiger partial charge in [-0.1, -0.05) is 12.1 Å². The Morgan fingerprint density at radius 2 is 1.82 bits per heavy atom. The van der Waals surface area contributed by atoms with E-state index in [9.17, 15) is 13.2 Å². The quantitative estimate of drug-likeness (QED) is 0.868. The van der Waals surface area contributed by atoms with Gasteiger partial charge in [0.1, 0.15) is 9.88 Å². The van der Waals surface area contributed by atoms with Crippen LogP contribution in [0.25, 0.3) is 0 Å². The highest BCUT2D eigenvalue weighted by Gasteiger charge is 2.20. The lowest BCUT2D eigenvalue weighted by Gasteiger charge is -2.09. The maximum Gasteiger partial charge on any atom is 0.348 e. The average molecular weight is 339 g/mol. The molecule has 7 heteroatoms. The number of carbonyl (C=O) groups excluding carboxylic acids is 1. The number of anilines is 1. The molecule has 2 rings (SSSR count). The van der Waals surface area contributed by atoms with Crippen molar-refractivity contribution in [2.45, 2.75) is 25.7 Å². The summed E-state index contributed by atoms with van der Waals surface area (Å²) in [6.07, 6.45) is 0. The summed E-state index contributed by atoms with van der Waals surface area (Å²) in [6.45, 7) is 5.31. The Balaban J connectivity index is 2.37. The van der Waals surface area contributed by atoms with E-state index in [2.05, 4.69) is 9.46 Å². The van der Waals surface area contributed by atoms with Gasteiger partial charge >= 0.3 is 5.97 Å². The van der Waals surface area contributed by atoms with Gasteiger partial charge in [0.05, 0.1) is 12.0 Å². The zero-order valence-corrected chi connectivity index (χ0v) is 14.4. The minimum absolute atomic E-state index is 0.234. The number of nitrogens with one attached hydrogen (secondary N) is 1. The molecule has 0 saturated heterocycles. The second-order valence-corrected chi connectivity index (χ2v) is 7.69. The number of carbonyl (C=O) groups is 1. The van der Waals surface area contributed by atoms with Crippen LogP contribution < -0.4 is 4.72 Å². The van der Waals surface area contributed by atoms with Crippen LogP contribution in [-0.2, 0) is 14.8 Å². The van der Waals surface area contributed by atoms with Crippen molar-refractivity contribution >= 4 is 32.3 Å². The molecule has 0 saturated carbocycles. The lowest BCUT2D eigenvalue weighted by molar-refractivity contribution is 0.0605. The van der Waals surface area contributed by atoms with E-state index in [1.165, 1.54) is 7.11 Å². The van der Waals surface area contributed by atoms with Crippen LogP contribution in [0.1, 0.15) is 26.4 Å². The zero-order chi connectivity index (χ0) is 16.5. The highest BCUT2D eigenvalue weighted by atomic mass is 32.2. The van der Waals surface area contributed by atoms with Gasteiger partial charge in [0.2, 0.25) is 0 Å². The summed E-state index contributed by atoms with van der Waals surface area (Å²) in [5.41, 5.74) is 2.21. The Morgan fingerprint density at radius 3 is 2.45 bits per heavy atom. The second-order valence-electron chi connectivity index (χ2n) is 4.99. The first kappa shape index (κ1) is 16.5. The van der Waals surface area contributed by atoms with Crippen molar-refractivity contribution in [3.8, 4) is 0 Å². The Labute approximate surface area is 134 Å². The first-order valence-electron chi connectivity index (χ1n) is 6.53. The van der Waals surface area contributed by atoms with E-state index >= 15 is 0 Å². The number of sulfonamides is 1. The Bertz CT molecular complexity index is 822. The topological polar surface area (TPSA) is 72.5 Å². The molecule has 0 atom stereocenters. The number of hydrogen-bond donors (Lipinski definition) is 1. The number of benzene rings is 1. The van der Waals surface area contributed by atoms with Crippen molar-refractivity contribution < 1.29 is 17.9 Å². The number of thiophene rings is 1. The number of ether oxygens (including phenoxy) is 1. The summed E-state index contributed by atoms with van der Waals surface area (Å²) in [5.74, 6) is -0.473. The maximum absolute atomic E-state index is 12.5. The number of aryl methyl sites for hydroxylation is 3. The predicted octanol–water partition coefficient (Wildman–Crippen LogP) is 3.26. The molecule has 0 aliphatic carbocycles. The monoisotopic (exact) mass is 339 g/mol. The highest BCUT2D eigenvalue weighted by molar-refractivity contribution is 7.93. The van der Waals surface area contributed by atoms with E-state index in [0.717, 1.165) is 16.9 Å². The van der Waals surface area contributed by atoms with Gasteiger partial charge in [-0.3, -0.25) is 4.72 Å². The van der Waals surface area contributed by atoms with E-state index in [1.54, 1.807) is 32.0 Å². The van der Waals surface area contributed by atoms with Crippen LogP contribution in [0, 0.1) is 20.8 Å². The third-order valence-corrected chi connectivity index (χ3v) is 5.93. The predicted molar refractivity (Wildman–Crippen MR) is 87.1 cm³/mol. The SMILES string of the molecule is COC(=O)c1sc(NS(=O)(=O)c2cc(C)ccc2C)cc1C. The Morgan fingerprint density at radius 1 is 1.14 bits per heavy atom. The van der Waals surface area contributed by atoms with Crippen LogP contribution in [0.4, 0.5) is 5.00 Å². The minimum Gasteiger partial charge on any atom is -0.465 e. The third kappa shape index (κ3) is 3.31. The number of methoxy groups -OCH3 is 1. The largest absolute Gasteiger partial charge is 0.465 e. The van der Waals surface area contributed by atoms with Crippen molar-refractivity contribution in [2.24, 2.45) is 0 Å². The molecule has 0 bridgehead atoms. The normalized spacial score (nSPS) is 11.3. The fourth-order valence-electron chi connectivity index (χ4n) is 2.01. The molecular weight excluding hydrogens is 322 g/mol. The molecule has 1 aromatic carbocycles. The van der Waals surface area contributed by atoms with E-state index in [1.807, 2.05) is 13.0 Å². The second kappa shape index (κ2) is 6.10. The highest BCUT2D eigenvalue weighted by Crippen LogP contribution is 2.30. The fraction of sp³-hybridized carbons (Fsp3) is 0.267. The third-order valence-electron chi connectivity index (χ3n) is 3.16. The minimum atomic E-state index is -3.69. The lowest BCUT2D eigenvalue weighted by Crippen LogP contribution is -2.13. The van der Waals surface area contributed by atoms with Gasteiger partial charge in [0.15, 0.2) is 0 Å². The van der Waals surface area contributed by atoms with Gasteiger partial charge in [-0.25, -0.2) is 13.2 Å². The van der Waals surface area contributed by atoms with Crippen molar-refractivity contribution in [1.82, 2.24) is 0 Å². The molecular formula is C15H17NO4S2. The molecule has 1 aromatic heterocycles. The van der Waals surface area contributed by atoms with Gasteiger partial charge in [0.25, 0.3) is 10.0 Å². The van der Waals surface area contributed by atoms with Gasteiger partial charge in [-0.2, -0.15) is 0 Å². The summed E-state index contributed by atoms with van der Waals surface area (Å²) < 4.78 is 32.2. The molecule has 22 heavy (non-hydrogen) atoms. The Kier molecular flexibility index (Phi) is 4.58.